The number of thiophene rings is 1. The van der Waals surface area contributed by atoms with Crippen LogP contribution in [0.5, 0.6) is 0 Å². The number of morpholine rings is 1. The Labute approximate surface area is 182 Å². The Kier molecular flexibility index (Phi) is 8.24. The minimum absolute atomic E-state index is 0.0404. The van der Waals surface area contributed by atoms with Gasteiger partial charge < -0.3 is 20.3 Å². The van der Waals surface area contributed by atoms with E-state index in [0.717, 1.165) is 13.1 Å². The van der Waals surface area contributed by atoms with Gasteiger partial charge in [0.15, 0.2) is 0 Å². The summed E-state index contributed by atoms with van der Waals surface area (Å²) >= 11 is 1.66. The minimum Gasteiger partial charge on any atom is -0.378 e. The summed E-state index contributed by atoms with van der Waals surface area (Å²) in [5.74, 6) is -0.0404. The highest BCUT2D eigenvalue weighted by atomic mass is 32.1. The number of carbonyl (C=O) groups is 2. The second kappa shape index (κ2) is 11.1. The lowest BCUT2D eigenvalue weighted by Crippen LogP contribution is -2.40. The Balaban J connectivity index is 1.59. The normalized spacial score (nSPS) is 15.1. The van der Waals surface area contributed by atoms with Crippen LogP contribution < -0.4 is 10.6 Å². The Hall–Kier alpha value is -2.42. The lowest BCUT2D eigenvalue weighted by Gasteiger charge is -2.29. The van der Waals surface area contributed by atoms with E-state index in [-0.39, 0.29) is 18.0 Å². The summed E-state index contributed by atoms with van der Waals surface area (Å²) in [6, 6.07) is 9.02. The highest BCUT2D eigenvalue weighted by molar-refractivity contribution is 7.08. The summed E-state index contributed by atoms with van der Waals surface area (Å²) in [6.45, 7) is 8.88. The molecule has 8 heteroatoms. The van der Waals surface area contributed by atoms with Crippen molar-refractivity contribution in [3.63, 3.8) is 0 Å². The molecule has 1 aliphatic rings. The van der Waals surface area contributed by atoms with E-state index in [1.807, 2.05) is 0 Å². The minimum atomic E-state index is -0.279. The van der Waals surface area contributed by atoms with Crippen LogP contribution in [-0.4, -0.2) is 67.7 Å². The van der Waals surface area contributed by atoms with Crippen LogP contribution in [0.2, 0.25) is 0 Å². The quantitative estimate of drug-likeness (QED) is 0.673. The van der Waals surface area contributed by atoms with E-state index in [1.54, 1.807) is 40.5 Å². The van der Waals surface area contributed by atoms with E-state index >= 15 is 0 Å². The fourth-order valence-corrected chi connectivity index (χ4v) is 4.34. The molecule has 0 saturated carbocycles. The van der Waals surface area contributed by atoms with Crippen LogP contribution in [0.15, 0.2) is 41.1 Å². The first-order chi connectivity index (χ1) is 14.6. The van der Waals surface area contributed by atoms with Gasteiger partial charge in [0, 0.05) is 30.9 Å². The lowest BCUT2D eigenvalue weighted by atomic mass is 10.1. The number of carbonyl (C=O) groups excluding carboxylic acids is 2. The molecule has 1 aliphatic heterocycles. The van der Waals surface area contributed by atoms with Crippen molar-refractivity contribution < 1.29 is 14.3 Å². The van der Waals surface area contributed by atoms with Crippen molar-refractivity contribution in [2.45, 2.75) is 19.9 Å². The molecule has 0 radical (unpaired) electrons. The van der Waals surface area contributed by atoms with Crippen molar-refractivity contribution in [2.75, 3.05) is 51.3 Å². The van der Waals surface area contributed by atoms with Gasteiger partial charge >= 0.3 is 6.03 Å². The van der Waals surface area contributed by atoms with E-state index in [9.17, 15) is 9.59 Å². The van der Waals surface area contributed by atoms with Crippen molar-refractivity contribution in [3.8, 4) is 0 Å². The standard InChI is InChI=1S/C22H30N4O3S/c1-3-25(4-2)20(18-8-13-30-16-18)15-23-22(28)24-19-7-5-6-17(14-19)21(27)26-9-11-29-12-10-26/h5-8,13-14,16,20H,3-4,9-12,15H2,1-2H3,(H2,23,24,28)/t20-/m0/s1. The SMILES string of the molecule is CCN(CC)[C@@H](CNC(=O)Nc1cccc(C(=O)N2CCOCC2)c1)c1ccsc1. The second-order valence-corrected chi connectivity index (χ2v) is 7.89. The van der Waals surface area contributed by atoms with Crippen LogP contribution in [0.4, 0.5) is 10.5 Å². The van der Waals surface area contributed by atoms with E-state index in [4.69, 9.17) is 4.74 Å². The van der Waals surface area contributed by atoms with E-state index in [1.165, 1.54) is 5.56 Å². The summed E-state index contributed by atoms with van der Waals surface area (Å²) in [4.78, 5) is 29.3. The topological polar surface area (TPSA) is 73.9 Å². The molecule has 30 heavy (non-hydrogen) atoms. The van der Waals surface area contributed by atoms with Gasteiger partial charge in [-0.25, -0.2) is 4.79 Å². The summed E-state index contributed by atoms with van der Waals surface area (Å²) < 4.78 is 5.31. The highest BCUT2D eigenvalue weighted by Crippen LogP contribution is 2.22. The van der Waals surface area contributed by atoms with Gasteiger partial charge in [-0.15, -0.1) is 0 Å². The molecule has 2 aromatic rings. The molecule has 1 saturated heterocycles. The Morgan fingerprint density at radius 2 is 1.97 bits per heavy atom. The van der Waals surface area contributed by atoms with E-state index in [2.05, 4.69) is 46.2 Å². The molecule has 162 valence electrons. The molecule has 3 amide bonds. The van der Waals surface area contributed by atoms with Crippen LogP contribution in [0.25, 0.3) is 0 Å². The molecule has 1 aromatic heterocycles. The molecule has 2 N–H and O–H groups in total. The Morgan fingerprint density at radius 1 is 1.20 bits per heavy atom. The average molecular weight is 431 g/mol. The maximum absolute atomic E-state index is 12.7. The van der Waals surface area contributed by atoms with Gasteiger partial charge in [0.25, 0.3) is 5.91 Å². The molecule has 7 nitrogen and oxygen atoms in total. The number of hydrogen-bond donors (Lipinski definition) is 2. The zero-order valence-electron chi connectivity index (χ0n) is 17.6. The third-order valence-corrected chi connectivity index (χ3v) is 6.00. The van der Waals surface area contributed by atoms with Gasteiger partial charge in [-0.1, -0.05) is 19.9 Å². The van der Waals surface area contributed by atoms with Crippen LogP contribution in [-0.2, 0) is 4.74 Å². The first-order valence-corrected chi connectivity index (χ1v) is 11.3. The van der Waals surface area contributed by atoms with Crippen LogP contribution in [0.1, 0.15) is 35.8 Å². The Morgan fingerprint density at radius 3 is 2.63 bits per heavy atom. The number of rotatable bonds is 8. The molecule has 3 rings (SSSR count). The number of hydrogen-bond acceptors (Lipinski definition) is 5. The summed E-state index contributed by atoms with van der Waals surface area (Å²) in [6.07, 6.45) is 0. The van der Waals surface area contributed by atoms with Crippen molar-refractivity contribution >= 4 is 29.0 Å². The van der Waals surface area contributed by atoms with Gasteiger partial charge in [0.2, 0.25) is 0 Å². The molecule has 0 bridgehead atoms. The predicted octanol–water partition coefficient (Wildman–Crippen LogP) is 3.43. The summed E-state index contributed by atoms with van der Waals surface area (Å²) in [5, 5.41) is 10.0. The number of urea groups is 1. The Bertz CT molecular complexity index is 818. The van der Waals surface area contributed by atoms with Gasteiger partial charge in [-0.05, 0) is 53.7 Å². The first kappa shape index (κ1) is 22.3. The van der Waals surface area contributed by atoms with Gasteiger partial charge in [-0.3, -0.25) is 9.69 Å². The van der Waals surface area contributed by atoms with Crippen LogP contribution >= 0.6 is 11.3 Å². The maximum atomic E-state index is 12.7. The van der Waals surface area contributed by atoms with Crippen molar-refractivity contribution in [3.05, 3.63) is 52.2 Å². The molecule has 0 spiro atoms. The number of amides is 3. The zero-order chi connectivity index (χ0) is 21.3. The van der Waals surface area contributed by atoms with Crippen molar-refractivity contribution in [1.82, 2.24) is 15.1 Å². The molecule has 0 aliphatic carbocycles. The third-order valence-electron chi connectivity index (χ3n) is 5.30. The predicted molar refractivity (Wildman–Crippen MR) is 120 cm³/mol. The van der Waals surface area contributed by atoms with Crippen molar-refractivity contribution in [1.29, 1.82) is 0 Å². The average Bonchev–Trinajstić information content (AvgIpc) is 3.31. The second-order valence-electron chi connectivity index (χ2n) is 7.11. The van der Waals surface area contributed by atoms with Crippen LogP contribution in [0.3, 0.4) is 0 Å². The number of nitrogens with one attached hydrogen (secondary N) is 2. The number of ether oxygens (including phenoxy) is 1. The van der Waals surface area contributed by atoms with E-state index in [0.29, 0.717) is 44.1 Å². The number of anilines is 1. The first-order valence-electron chi connectivity index (χ1n) is 10.4. The summed E-state index contributed by atoms with van der Waals surface area (Å²) in [7, 11) is 0. The van der Waals surface area contributed by atoms with Gasteiger partial charge in [0.1, 0.15) is 0 Å². The number of likely N-dealkylation sites (N-methyl/N-ethyl adjacent to an activating group) is 1. The number of benzene rings is 1. The zero-order valence-corrected chi connectivity index (χ0v) is 18.4. The molecule has 1 fully saturated rings. The van der Waals surface area contributed by atoms with Crippen molar-refractivity contribution in [2.24, 2.45) is 0 Å². The monoisotopic (exact) mass is 430 g/mol. The molecule has 1 atom stereocenters. The van der Waals surface area contributed by atoms with Gasteiger partial charge in [0.05, 0.1) is 19.3 Å². The fraction of sp³-hybridized carbons (Fsp3) is 0.455. The lowest BCUT2D eigenvalue weighted by molar-refractivity contribution is 0.0303. The molecule has 0 unspecified atom stereocenters. The maximum Gasteiger partial charge on any atom is 0.319 e. The largest absolute Gasteiger partial charge is 0.378 e. The third kappa shape index (κ3) is 5.81. The molecular weight excluding hydrogens is 400 g/mol. The molecule has 1 aromatic carbocycles. The van der Waals surface area contributed by atoms with E-state index < -0.39 is 0 Å². The fourth-order valence-electron chi connectivity index (χ4n) is 3.63. The smallest absolute Gasteiger partial charge is 0.319 e. The molecular formula is C22H30N4O3S. The summed E-state index contributed by atoms with van der Waals surface area (Å²) in [5.41, 5.74) is 2.37. The molecule has 2 heterocycles. The van der Waals surface area contributed by atoms with Gasteiger partial charge in [-0.2, -0.15) is 11.3 Å². The highest BCUT2D eigenvalue weighted by Gasteiger charge is 2.20. The number of nitrogens with zero attached hydrogens (tertiary/aromatic N) is 2. The van der Waals surface area contributed by atoms with Crippen LogP contribution in [0, 0.1) is 0 Å².